The van der Waals surface area contributed by atoms with E-state index in [4.69, 9.17) is 58.4 Å². The lowest BCUT2D eigenvalue weighted by atomic mass is 9.54. The molecule has 6 heterocycles. The van der Waals surface area contributed by atoms with Crippen LogP contribution >= 0.6 is 23.2 Å². The monoisotopic (exact) mass is 1850 g/mol. The van der Waals surface area contributed by atoms with Crippen LogP contribution in [0, 0.1) is 76.9 Å². The number of primary amides is 1. The predicted molar refractivity (Wildman–Crippen MR) is 463 cm³/mol. The van der Waals surface area contributed by atoms with Gasteiger partial charge in [0, 0.05) is 56.6 Å². The number of aliphatic hydroxyl groups is 9. The number of rotatable bonds is 28. The number of benzene rings is 1. The number of hydrogen-bond donors (Lipinski definition) is 21. The maximum Gasteiger partial charge on any atom is 0.247 e. The highest BCUT2D eigenvalue weighted by Gasteiger charge is 2.58. The summed E-state index contributed by atoms with van der Waals surface area (Å²) in [5.41, 5.74) is 12.1. The van der Waals surface area contributed by atoms with E-state index in [1.54, 1.807) is 6.92 Å². The lowest BCUT2D eigenvalue weighted by molar-refractivity contribution is -0.278. The van der Waals surface area contributed by atoms with Crippen LogP contribution in [0.25, 0.3) is 0 Å². The molecule has 36 nitrogen and oxygen atoms in total. The number of amides is 8. The Morgan fingerprint density at radius 3 is 1.87 bits per heavy atom. The molecule has 716 valence electrons. The number of sulfonamides is 1. The van der Waals surface area contributed by atoms with Crippen molar-refractivity contribution in [1.29, 1.82) is 0 Å². The lowest BCUT2D eigenvalue weighted by Gasteiger charge is -2.55. The van der Waals surface area contributed by atoms with Gasteiger partial charge >= 0.3 is 0 Å². The van der Waals surface area contributed by atoms with Gasteiger partial charge in [0.2, 0.25) is 63.0 Å². The van der Waals surface area contributed by atoms with Gasteiger partial charge in [-0.2, -0.15) is 0 Å². The maximum atomic E-state index is 16.7. The van der Waals surface area contributed by atoms with Gasteiger partial charge in [0.15, 0.2) is 17.8 Å². The number of halogens is 2. The average molecular weight is 1850 g/mol. The zero-order chi connectivity index (χ0) is 91.3. The maximum absolute atomic E-state index is 16.7. The largest absolute Gasteiger partial charge is 0.485 e. The van der Waals surface area contributed by atoms with Crippen LogP contribution in [0.1, 0.15) is 206 Å². The van der Waals surface area contributed by atoms with Crippen LogP contribution in [0.4, 0.5) is 0 Å². The topological polar surface area (TPSA) is 571 Å². The van der Waals surface area contributed by atoms with Crippen molar-refractivity contribution >= 4 is 80.5 Å². The first-order chi connectivity index (χ1) is 60.5. The first kappa shape index (κ1) is 98.8. The van der Waals surface area contributed by atoms with E-state index in [9.17, 15) is 64.0 Å². The van der Waals surface area contributed by atoms with Gasteiger partial charge in [-0.1, -0.05) is 59.3 Å². The second kappa shape index (κ2) is 43.5. The summed E-state index contributed by atoms with van der Waals surface area (Å²) < 4.78 is 63.2. The van der Waals surface area contributed by atoms with E-state index < -0.39 is 262 Å². The van der Waals surface area contributed by atoms with Gasteiger partial charge < -0.3 is 129 Å². The predicted octanol–water partition coefficient (Wildman–Crippen LogP) is -0.509. The second-order valence-electron chi connectivity index (χ2n) is 39.5. The van der Waals surface area contributed by atoms with Crippen LogP contribution in [0.15, 0.2) is 12.1 Å². The van der Waals surface area contributed by atoms with Crippen molar-refractivity contribution in [3.8, 4) is 17.2 Å². The summed E-state index contributed by atoms with van der Waals surface area (Å²) in [5, 5.41) is 134. The highest BCUT2D eigenvalue weighted by Crippen LogP contribution is 2.55. The normalized spacial score (nSPS) is 40.9. The molecular formula is C88H140Cl2N12O24S. The third-order valence-corrected chi connectivity index (χ3v) is 32.6. The Hall–Kier alpha value is -5.69. The Balaban J connectivity index is 0.925. The molecule has 0 spiro atoms. The van der Waals surface area contributed by atoms with E-state index in [1.165, 1.54) is 19.2 Å². The molecule has 8 amide bonds. The zero-order valence-electron chi connectivity index (χ0n) is 73.5. The number of unbranched alkanes of at least 4 members (excludes halogenated alkanes) is 6. The molecule has 1 aromatic carbocycles. The van der Waals surface area contributed by atoms with Gasteiger partial charge in [-0.05, 0) is 212 Å². The molecule has 0 radical (unpaired) electrons. The van der Waals surface area contributed by atoms with Crippen molar-refractivity contribution in [1.82, 2.24) is 52.6 Å². The number of carbonyl (C=O) groups is 8. The number of nitrogens with one attached hydrogen (secondary N) is 10. The van der Waals surface area contributed by atoms with Gasteiger partial charge in [-0.3, -0.25) is 38.4 Å². The minimum absolute atomic E-state index is 0.000965. The van der Waals surface area contributed by atoms with E-state index in [-0.39, 0.29) is 155 Å². The van der Waals surface area contributed by atoms with Gasteiger partial charge in [0.25, 0.3) is 0 Å². The number of nitrogens with two attached hydrogens (primary N) is 2. The fraction of sp³-hybridized carbons (Fsp3) is 0.841. The highest BCUT2D eigenvalue weighted by molar-refractivity contribution is 7.89. The minimum Gasteiger partial charge on any atom is -0.485 e. The van der Waals surface area contributed by atoms with Crippen molar-refractivity contribution < 1.29 is 116 Å². The summed E-state index contributed by atoms with van der Waals surface area (Å²) in [6, 6.07) is -11.0. The minimum atomic E-state index is -3.69. The van der Waals surface area contributed by atoms with Crippen LogP contribution < -0.4 is 78.3 Å². The molecule has 127 heavy (non-hydrogen) atoms. The van der Waals surface area contributed by atoms with Crippen molar-refractivity contribution in [3.05, 3.63) is 17.7 Å². The number of aliphatic hydroxyl groups excluding tert-OH is 9. The van der Waals surface area contributed by atoms with E-state index >= 15 is 28.8 Å². The molecule has 9 aliphatic carbocycles. The number of alkyl halides is 2. The molecule has 15 aliphatic rings. The summed E-state index contributed by atoms with van der Waals surface area (Å²) in [5.74, 6) is -16.8. The Morgan fingerprint density at radius 2 is 1.25 bits per heavy atom. The second-order valence-corrected chi connectivity index (χ2v) is 42.5. The Morgan fingerprint density at radius 1 is 0.630 bits per heavy atom. The summed E-state index contributed by atoms with van der Waals surface area (Å²) >= 11 is 15.1. The number of likely N-dealkylation sites (N-methyl/N-ethyl adjacent to an activating group) is 1. The van der Waals surface area contributed by atoms with Gasteiger partial charge in [0.1, 0.15) is 66.8 Å². The molecule has 15 bridgehead atoms. The molecule has 39 heteroatoms. The number of ether oxygens (including phenoxy) is 5. The van der Waals surface area contributed by atoms with Crippen molar-refractivity contribution in [2.75, 3.05) is 39.0 Å². The van der Waals surface area contributed by atoms with Gasteiger partial charge in [-0.15, -0.1) is 23.2 Å². The summed E-state index contributed by atoms with van der Waals surface area (Å²) in [6.07, 6.45) is -10.8. The van der Waals surface area contributed by atoms with E-state index in [1.807, 2.05) is 13.8 Å². The quantitative estimate of drug-likeness (QED) is 0.0371. The van der Waals surface area contributed by atoms with Crippen LogP contribution in [0.3, 0.4) is 0 Å². The molecule has 23 N–H and O–H groups in total. The van der Waals surface area contributed by atoms with Gasteiger partial charge in [0.05, 0.1) is 77.8 Å². The summed E-state index contributed by atoms with van der Waals surface area (Å²) in [7, 11) is -2.15. The molecular weight excluding hydrogens is 1710 g/mol. The summed E-state index contributed by atoms with van der Waals surface area (Å²) in [4.78, 5) is 124. The Bertz CT molecular complexity index is 4040. The van der Waals surface area contributed by atoms with E-state index in [0.717, 1.165) is 70.6 Å². The molecule has 16 rings (SSSR count). The standard InChI is InChI=1S/C88H140Cl2N12O24S/c1-6-7-8-9-10-11-12-21-127(120,121)95-20-19-94-37-52-59(105)34-51-67(78(52)111)50-28-43(13-16-58(50)104)69-84(115)102-73(88(119)100-71(51)86(117)97-68-46-24-41-23-42(26-46)27-47(68)25-41)76(109)45-15-18-61(54(90)30-45)124-63-32-48-31-62(80(63)125-64-33-49(38-103)77(110)79(112)81(64)126-66-35-55(91)74(107)40(4)122-66)123-60-17-14-44(29-53(60)89)75(108)72(101-82(113)56(93-5)22-39(2)3)87(118)96-57(36-65(92)106)83(114)98-70(48)85(116)99-69/h31-32,39-47,49-61,64,66-79,81,93-95,103-105,107-112H,6-30,33-38,91H2,1-5H3,(H2,92,106)(H,96,118)(H,97,117)(H,98,114)(H,99,116)(H,100,119)(H,101,113)(H,102,115)/t40-,41?,42?,43-,44-,45-,46?,47?,49+,50?,51?,52?,53+,54?,55-,56+,57-,58+,59?,60+,61+,64+,66-,67?,68?,69+,70+,71-,72+,73-,74+,75+,76+,77+,78-,79-,81-/m0/s1. The molecule has 6 aliphatic heterocycles. The number of hydrogen-bond acceptors (Lipinski definition) is 27. The van der Waals surface area contributed by atoms with Crippen molar-refractivity contribution in [2.45, 2.75) is 345 Å². The van der Waals surface area contributed by atoms with Gasteiger partial charge in [-0.25, -0.2) is 13.1 Å². The SMILES string of the molecule is CCCCCCCCCS(=O)(=O)NCCNCC1C(O)CC2C(C3C[C@H](CC[C@H]3O)[C@H]3NC(=O)[C@@H]4NC(=O)[C@H](CC(N)=O)NC(=O)[C@H](NC(=O)[C@@H](CC(C)C)NC)[C@H](O)[C@H]5CC[C@@H](Oc6cc4cc(c6O[C@@H]4C[C@H](CO)[C@@H](O)[C@H](O)[C@H]4O[C@H]4C[C@H](N)[C@H](O)[C@H](C)O4)O[C@@H]4CC[C@@H](CC4Cl)[C@@H](O)[C@H](NC3=O)C(=O)N[C@@H]2C(=O)NC2C3CC4CC(C3)CC2C4)[C@H](Cl)C5)[C@H]1O. The molecule has 2 saturated heterocycles. The fourth-order valence-electron chi connectivity index (χ4n) is 23.5. The number of fused-ring (bicyclic) bond motifs is 15. The summed E-state index contributed by atoms with van der Waals surface area (Å²) in [6.45, 7) is 6.66. The number of carbonyl (C=O) groups excluding carboxylic acids is 8. The van der Waals surface area contributed by atoms with Crippen LogP contribution in [-0.4, -0.2) is 285 Å². The van der Waals surface area contributed by atoms with E-state index in [0.29, 0.717) is 18.3 Å². The zero-order valence-corrected chi connectivity index (χ0v) is 75.8. The van der Waals surface area contributed by atoms with Crippen molar-refractivity contribution in [3.63, 3.8) is 0 Å². The fourth-order valence-corrected chi connectivity index (χ4v) is 25.4. The van der Waals surface area contributed by atoms with E-state index in [2.05, 4.69) is 59.5 Å². The highest BCUT2D eigenvalue weighted by atomic mass is 35.5. The smallest absolute Gasteiger partial charge is 0.247 e. The first-order valence-electron chi connectivity index (χ1n) is 46.8. The Kier molecular flexibility index (Phi) is 33.9. The van der Waals surface area contributed by atoms with Crippen LogP contribution in [0.5, 0.6) is 17.2 Å². The lowest BCUT2D eigenvalue weighted by Crippen LogP contribution is -2.68. The third kappa shape index (κ3) is 23.4. The Labute approximate surface area is 753 Å². The third-order valence-electron chi connectivity index (χ3n) is 30.2. The molecule has 1 aromatic rings. The van der Waals surface area contributed by atoms with Crippen LogP contribution in [-0.2, 0) is 57.9 Å². The van der Waals surface area contributed by atoms with Crippen molar-refractivity contribution in [2.24, 2.45) is 88.4 Å². The van der Waals surface area contributed by atoms with Crippen LogP contribution in [0.2, 0.25) is 0 Å². The molecule has 0 aromatic heterocycles. The molecule has 6 unspecified atom stereocenters. The molecule has 11 fully saturated rings. The molecule has 9 saturated carbocycles. The first-order valence-corrected chi connectivity index (χ1v) is 49.4. The average Bonchev–Trinajstić information content (AvgIpc) is 0.810. The molecule has 32 atom stereocenters.